The largest absolute Gasteiger partial charge is 0.361 e. The third-order valence-corrected chi connectivity index (χ3v) is 5.84. The molecule has 1 aromatic carbocycles. The summed E-state index contributed by atoms with van der Waals surface area (Å²) in [7, 11) is 1.76. The van der Waals surface area contributed by atoms with Gasteiger partial charge >= 0.3 is 0 Å². The normalized spacial score (nSPS) is 14.7. The van der Waals surface area contributed by atoms with Crippen molar-refractivity contribution in [2.24, 2.45) is 4.99 Å². The predicted octanol–water partition coefficient (Wildman–Crippen LogP) is 4.61. The molecule has 1 saturated heterocycles. The second kappa shape index (κ2) is 12.0. The van der Waals surface area contributed by atoms with E-state index < -0.39 is 0 Å². The Labute approximate surface area is 206 Å². The van der Waals surface area contributed by atoms with Gasteiger partial charge in [0.15, 0.2) is 5.96 Å². The van der Waals surface area contributed by atoms with Gasteiger partial charge in [0.1, 0.15) is 11.6 Å². The van der Waals surface area contributed by atoms with E-state index >= 15 is 0 Å². The van der Waals surface area contributed by atoms with E-state index in [4.69, 9.17) is 0 Å². The Bertz CT molecular complexity index is 1010. The van der Waals surface area contributed by atoms with E-state index in [1.165, 1.54) is 31.7 Å². The summed E-state index contributed by atoms with van der Waals surface area (Å²) >= 11 is 0. The highest BCUT2D eigenvalue weighted by atomic mass is 127. The Morgan fingerprint density at radius 3 is 2.66 bits per heavy atom. The monoisotopic (exact) mass is 550 g/mol. The maximum absolute atomic E-state index is 13.5. The van der Waals surface area contributed by atoms with Crippen LogP contribution >= 0.6 is 24.0 Å². The molecule has 1 fully saturated rings. The molecule has 2 aromatic heterocycles. The molecule has 4 rings (SSSR count). The standard InChI is InChI=1S/C24H31FN6.HI/c1-26-24(27-11-10-19-17-28-22-8-7-20(25)14-21(19)22)30-16-18-6-9-23(29-15-18)31-12-4-2-3-5-13-31;/h6-9,14-15,17,28H,2-5,10-13,16H2,1H3,(H2,26,27,30);1H. The van der Waals surface area contributed by atoms with Crippen molar-refractivity contribution >= 4 is 46.7 Å². The summed E-state index contributed by atoms with van der Waals surface area (Å²) in [5.74, 6) is 1.60. The van der Waals surface area contributed by atoms with Crippen LogP contribution in [0.4, 0.5) is 10.2 Å². The van der Waals surface area contributed by atoms with E-state index in [2.05, 4.69) is 42.6 Å². The van der Waals surface area contributed by atoms with Gasteiger partial charge in [-0.05, 0) is 54.7 Å². The zero-order valence-corrected chi connectivity index (χ0v) is 20.9. The zero-order valence-electron chi connectivity index (χ0n) is 18.5. The maximum Gasteiger partial charge on any atom is 0.191 e. The van der Waals surface area contributed by atoms with Crippen molar-refractivity contribution in [2.75, 3.05) is 31.6 Å². The van der Waals surface area contributed by atoms with Gasteiger partial charge in [-0.3, -0.25) is 4.99 Å². The highest BCUT2D eigenvalue weighted by Crippen LogP contribution is 2.20. The number of hydrogen-bond donors (Lipinski definition) is 3. The Morgan fingerprint density at radius 1 is 1.12 bits per heavy atom. The number of aliphatic imine (C=N–C) groups is 1. The molecule has 0 spiro atoms. The number of benzene rings is 1. The molecule has 172 valence electrons. The lowest BCUT2D eigenvalue weighted by Gasteiger charge is -2.21. The molecule has 32 heavy (non-hydrogen) atoms. The van der Waals surface area contributed by atoms with Crippen LogP contribution in [0.15, 0.2) is 47.7 Å². The fourth-order valence-electron chi connectivity index (χ4n) is 4.09. The van der Waals surface area contributed by atoms with Crippen molar-refractivity contribution in [3.05, 3.63) is 59.7 Å². The number of nitrogens with one attached hydrogen (secondary N) is 3. The van der Waals surface area contributed by atoms with Gasteiger partial charge in [0.05, 0.1) is 0 Å². The first kappa shape index (κ1) is 24.3. The van der Waals surface area contributed by atoms with Gasteiger partial charge in [-0.1, -0.05) is 18.9 Å². The lowest BCUT2D eigenvalue weighted by Crippen LogP contribution is -2.37. The number of aromatic nitrogens is 2. The average molecular weight is 550 g/mol. The fourth-order valence-corrected chi connectivity index (χ4v) is 4.09. The van der Waals surface area contributed by atoms with E-state index in [1.54, 1.807) is 19.2 Å². The molecule has 0 amide bonds. The molecular weight excluding hydrogens is 518 g/mol. The van der Waals surface area contributed by atoms with Crippen LogP contribution in [0.2, 0.25) is 0 Å². The van der Waals surface area contributed by atoms with E-state index in [0.717, 1.165) is 53.3 Å². The Morgan fingerprint density at radius 2 is 1.94 bits per heavy atom. The van der Waals surface area contributed by atoms with Crippen molar-refractivity contribution in [3.63, 3.8) is 0 Å². The predicted molar refractivity (Wildman–Crippen MR) is 140 cm³/mol. The second-order valence-electron chi connectivity index (χ2n) is 8.03. The molecule has 1 aliphatic rings. The van der Waals surface area contributed by atoms with Crippen LogP contribution in [0, 0.1) is 5.82 Å². The highest BCUT2D eigenvalue weighted by molar-refractivity contribution is 14.0. The van der Waals surface area contributed by atoms with Crippen molar-refractivity contribution in [1.29, 1.82) is 0 Å². The fraction of sp³-hybridized carbons (Fsp3) is 0.417. The van der Waals surface area contributed by atoms with Crippen molar-refractivity contribution < 1.29 is 4.39 Å². The Balaban J connectivity index is 0.00000289. The topological polar surface area (TPSA) is 68.3 Å². The minimum atomic E-state index is -0.214. The molecule has 6 nitrogen and oxygen atoms in total. The van der Waals surface area contributed by atoms with Gasteiger partial charge in [0.2, 0.25) is 0 Å². The number of rotatable bonds is 6. The highest BCUT2D eigenvalue weighted by Gasteiger charge is 2.11. The number of nitrogens with zero attached hydrogens (tertiary/aromatic N) is 3. The average Bonchev–Trinajstić information content (AvgIpc) is 2.99. The van der Waals surface area contributed by atoms with E-state index in [9.17, 15) is 4.39 Å². The van der Waals surface area contributed by atoms with Crippen LogP contribution in [-0.4, -0.2) is 42.6 Å². The summed E-state index contributed by atoms with van der Waals surface area (Å²) < 4.78 is 13.5. The Kier molecular flexibility index (Phi) is 9.13. The second-order valence-corrected chi connectivity index (χ2v) is 8.03. The third-order valence-electron chi connectivity index (χ3n) is 5.84. The number of hydrogen-bond acceptors (Lipinski definition) is 3. The van der Waals surface area contributed by atoms with E-state index in [1.807, 2.05) is 12.4 Å². The molecule has 0 unspecified atom stereocenters. The molecule has 3 heterocycles. The maximum atomic E-state index is 13.5. The quantitative estimate of drug-likeness (QED) is 0.238. The van der Waals surface area contributed by atoms with Crippen molar-refractivity contribution in [2.45, 2.75) is 38.6 Å². The molecule has 0 aliphatic carbocycles. The van der Waals surface area contributed by atoms with Crippen molar-refractivity contribution in [3.8, 4) is 0 Å². The van der Waals surface area contributed by atoms with Crippen LogP contribution in [0.1, 0.15) is 36.8 Å². The van der Waals surface area contributed by atoms with Gasteiger partial charge in [0.25, 0.3) is 0 Å². The number of aromatic amines is 1. The minimum absolute atomic E-state index is 0. The van der Waals surface area contributed by atoms with Gasteiger partial charge < -0.3 is 20.5 Å². The molecular formula is C24H32FIN6. The summed E-state index contributed by atoms with van der Waals surface area (Å²) in [6.07, 6.45) is 9.81. The number of guanidine groups is 1. The first-order chi connectivity index (χ1) is 15.2. The number of fused-ring (bicyclic) bond motifs is 1. The number of pyridine rings is 1. The van der Waals surface area contributed by atoms with Crippen LogP contribution in [0.25, 0.3) is 10.9 Å². The number of H-pyrrole nitrogens is 1. The molecule has 0 saturated carbocycles. The molecule has 3 N–H and O–H groups in total. The molecule has 0 bridgehead atoms. The van der Waals surface area contributed by atoms with E-state index in [0.29, 0.717) is 13.1 Å². The van der Waals surface area contributed by atoms with Gasteiger partial charge in [-0.15, -0.1) is 24.0 Å². The van der Waals surface area contributed by atoms with Gasteiger partial charge in [-0.25, -0.2) is 9.37 Å². The minimum Gasteiger partial charge on any atom is -0.361 e. The smallest absolute Gasteiger partial charge is 0.191 e. The van der Waals surface area contributed by atoms with Gasteiger partial charge in [-0.2, -0.15) is 0 Å². The van der Waals surface area contributed by atoms with E-state index in [-0.39, 0.29) is 29.8 Å². The molecule has 0 radical (unpaired) electrons. The van der Waals surface area contributed by atoms with Crippen LogP contribution < -0.4 is 15.5 Å². The lowest BCUT2D eigenvalue weighted by atomic mass is 10.1. The van der Waals surface area contributed by atoms with Crippen LogP contribution in [0.5, 0.6) is 0 Å². The first-order valence-electron chi connectivity index (χ1n) is 11.1. The molecule has 0 atom stereocenters. The van der Waals surface area contributed by atoms with Crippen molar-refractivity contribution in [1.82, 2.24) is 20.6 Å². The number of anilines is 1. The molecule has 3 aromatic rings. The summed E-state index contributed by atoms with van der Waals surface area (Å²) in [5.41, 5.74) is 3.16. The number of halogens is 2. The summed E-state index contributed by atoms with van der Waals surface area (Å²) in [5, 5.41) is 7.60. The first-order valence-corrected chi connectivity index (χ1v) is 11.1. The Hall–Kier alpha value is -2.36. The summed E-state index contributed by atoms with van der Waals surface area (Å²) in [6.45, 7) is 3.56. The molecule has 1 aliphatic heterocycles. The lowest BCUT2D eigenvalue weighted by molar-refractivity contribution is 0.629. The summed E-state index contributed by atoms with van der Waals surface area (Å²) in [4.78, 5) is 14.6. The SMILES string of the molecule is CN=C(NCCc1c[nH]c2ccc(F)cc12)NCc1ccc(N2CCCCCC2)nc1.I. The zero-order chi connectivity index (χ0) is 21.5. The summed E-state index contributed by atoms with van der Waals surface area (Å²) in [6, 6.07) is 9.08. The van der Waals surface area contributed by atoms with Crippen LogP contribution in [-0.2, 0) is 13.0 Å². The third kappa shape index (κ3) is 6.34. The molecule has 8 heteroatoms. The van der Waals surface area contributed by atoms with Crippen LogP contribution in [0.3, 0.4) is 0 Å². The van der Waals surface area contributed by atoms with Gasteiger partial charge in [0, 0.05) is 56.5 Å².